The monoisotopic (exact) mass is 295 g/mol. The summed E-state index contributed by atoms with van der Waals surface area (Å²) in [4.78, 5) is 13.3. The first-order valence-electron chi connectivity index (χ1n) is 7.50. The Morgan fingerprint density at radius 2 is 2.10 bits per heavy atom. The Labute approximate surface area is 125 Å². The Morgan fingerprint density at radius 3 is 2.60 bits per heavy atom. The molecule has 0 aliphatic heterocycles. The van der Waals surface area contributed by atoms with E-state index in [2.05, 4.69) is 36.7 Å². The van der Waals surface area contributed by atoms with E-state index in [9.17, 15) is 4.79 Å². The number of hydrogen-bond acceptors (Lipinski definition) is 4. The van der Waals surface area contributed by atoms with Crippen LogP contribution in [0.2, 0.25) is 0 Å². The van der Waals surface area contributed by atoms with Crippen LogP contribution >= 0.6 is 11.3 Å². The number of nitrogens with one attached hydrogen (secondary N) is 1. The molecular formula is C16H25NO2S. The van der Waals surface area contributed by atoms with Crippen molar-refractivity contribution >= 4 is 17.3 Å². The number of methoxy groups -OCH3 is 1. The molecule has 1 saturated carbocycles. The summed E-state index contributed by atoms with van der Waals surface area (Å²) in [5, 5.41) is 5.70. The Balaban J connectivity index is 2.15. The van der Waals surface area contributed by atoms with Crippen molar-refractivity contribution in [2.75, 3.05) is 7.11 Å². The quantitative estimate of drug-likeness (QED) is 0.812. The maximum Gasteiger partial charge on any atom is 0.323 e. The second-order valence-corrected chi connectivity index (χ2v) is 6.93. The first-order chi connectivity index (χ1) is 9.63. The minimum absolute atomic E-state index is 0.153. The summed E-state index contributed by atoms with van der Waals surface area (Å²) >= 11 is 1.78. The van der Waals surface area contributed by atoms with Crippen molar-refractivity contribution in [3.05, 3.63) is 22.4 Å². The van der Waals surface area contributed by atoms with Crippen molar-refractivity contribution in [3.8, 4) is 0 Å². The largest absolute Gasteiger partial charge is 0.468 e. The van der Waals surface area contributed by atoms with E-state index in [1.54, 1.807) is 11.3 Å². The molecular weight excluding hydrogens is 270 g/mol. The van der Waals surface area contributed by atoms with Gasteiger partial charge in [0.1, 0.15) is 6.04 Å². The third-order valence-corrected chi connectivity index (χ3v) is 5.16. The van der Waals surface area contributed by atoms with Gasteiger partial charge in [-0.2, -0.15) is 0 Å². The van der Waals surface area contributed by atoms with E-state index in [0.717, 1.165) is 0 Å². The molecule has 1 fully saturated rings. The normalized spacial score (nSPS) is 19.2. The van der Waals surface area contributed by atoms with Crippen LogP contribution in [0.4, 0.5) is 0 Å². The Kier molecular flexibility index (Phi) is 5.61. The van der Waals surface area contributed by atoms with Crippen LogP contribution in [0.1, 0.15) is 50.4 Å². The van der Waals surface area contributed by atoms with Crippen LogP contribution < -0.4 is 5.32 Å². The molecule has 1 N–H and O–H groups in total. The molecule has 0 radical (unpaired) electrons. The summed E-state index contributed by atoms with van der Waals surface area (Å²) < 4.78 is 4.96. The fraction of sp³-hybridized carbons (Fsp3) is 0.688. The highest BCUT2D eigenvalue weighted by molar-refractivity contribution is 7.10. The molecule has 3 nitrogen and oxygen atoms in total. The van der Waals surface area contributed by atoms with Gasteiger partial charge in [-0.25, -0.2) is 0 Å². The van der Waals surface area contributed by atoms with E-state index < -0.39 is 0 Å². The summed E-state index contributed by atoms with van der Waals surface area (Å²) in [6.45, 7) is 4.13. The van der Waals surface area contributed by atoms with Crippen LogP contribution in [-0.4, -0.2) is 19.1 Å². The molecule has 20 heavy (non-hydrogen) atoms. The molecule has 1 aliphatic carbocycles. The molecule has 4 heteroatoms. The van der Waals surface area contributed by atoms with Gasteiger partial charge in [0.05, 0.1) is 7.11 Å². The molecule has 1 heterocycles. The zero-order valence-corrected chi connectivity index (χ0v) is 13.4. The van der Waals surface area contributed by atoms with Crippen LogP contribution in [0, 0.1) is 11.8 Å². The van der Waals surface area contributed by atoms with Gasteiger partial charge >= 0.3 is 5.97 Å². The molecule has 1 aliphatic rings. The van der Waals surface area contributed by atoms with Crippen molar-refractivity contribution in [1.82, 2.24) is 5.32 Å². The summed E-state index contributed by atoms with van der Waals surface area (Å²) in [6, 6.07) is 4.32. The first kappa shape index (κ1) is 15.5. The zero-order chi connectivity index (χ0) is 14.5. The predicted molar refractivity (Wildman–Crippen MR) is 82.8 cm³/mol. The van der Waals surface area contributed by atoms with Crippen LogP contribution in [0.15, 0.2) is 17.5 Å². The van der Waals surface area contributed by atoms with Gasteiger partial charge in [0.25, 0.3) is 0 Å². The lowest BCUT2D eigenvalue weighted by Gasteiger charge is -2.30. The molecule has 0 bridgehead atoms. The minimum atomic E-state index is -0.229. The van der Waals surface area contributed by atoms with Crippen LogP contribution in [0.25, 0.3) is 0 Å². The van der Waals surface area contributed by atoms with Crippen molar-refractivity contribution < 1.29 is 9.53 Å². The molecule has 0 amide bonds. The molecule has 2 atom stereocenters. The van der Waals surface area contributed by atoms with E-state index in [1.807, 2.05) is 0 Å². The third kappa shape index (κ3) is 3.61. The number of esters is 1. The van der Waals surface area contributed by atoms with Gasteiger partial charge in [0, 0.05) is 10.9 Å². The predicted octanol–water partition coefficient (Wildman–Crippen LogP) is 3.77. The maximum atomic E-state index is 12.0. The lowest BCUT2D eigenvalue weighted by atomic mass is 9.94. The second-order valence-electron chi connectivity index (χ2n) is 5.95. The highest BCUT2D eigenvalue weighted by atomic mass is 32.1. The Bertz CT molecular complexity index is 410. The molecule has 0 aromatic carbocycles. The third-order valence-electron chi connectivity index (χ3n) is 4.20. The molecule has 2 rings (SSSR count). The van der Waals surface area contributed by atoms with Crippen molar-refractivity contribution in [2.45, 2.75) is 51.6 Å². The van der Waals surface area contributed by atoms with Crippen molar-refractivity contribution in [3.63, 3.8) is 0 Å². The van der Waals surface area contributed by atoms with Crippen LogP contribution in [0.3, 0.4) is 0 Å². The van der Waals surface area contributed by atoms with E-state index in [0.29, 0.717) is 5.92 Å². The van der Waals surface area contributed by atoms with E-state index >= 15 is 0 Å². The van der Waals surface area contributed by atoms with Gasteiger partial charge in [-0.15, -0.1) is 11.3 Å². The smallest absolute Gasteiger partial charge is 0.323 e. The van der Waals surface area contributed by atoms with Gasteiger partial charge in [0.15, 0.2) is 0 Å². The van der Waals surface area contributed by atoms with Crippen molar-refractivity contribution in [1.29, 1.82) is 0 Å². The van der Waals surface area contributed by atoms with Gasteiger partial charge in [0.2, 0.25) is 0 Å². The Morgan fingerprint density at radius 1 is 1.40 bits per heavy atom. The molecule has 112 valence electrons. The van der Waals surface area contributed by atoms with E-state index in [-0.39, 0.29) is 24.0 Å². The fourth-order valence-corrected chi connectivity index (χ4v) is 3.94. The molecule has 1 aromatic rings. The summed E-state index contributed by atoms with van der Waals surface area (Å²) in [6.07, 6.45) is 5.11. The molecule has 0 saturated heterocycles. The van der Waals surface area contributed by atoms with E-state index in [4.69, 9.17) is 4.74 Å². The number of carbonyl (C=O) groups is 1. The highest BCUT2D eigenvalue weighted by Crippen LogP contribution is 2.38. The Hall–Kier alpha value is -0.870. The minimum Gasteiger partial charge on any atom is -0.468 e. The number of ether oxygens (including phenoxy) is 1. The lowest BCUT2D eigenvalue weighted by Crippen LogP contribution is -2.45. The lowest BCUT2D eigenvalue weighted by molar-refractivity contribution is -0.144. The second kappa shape index (κ2) is 7.23. The number of hydrogen-bond donors (Lipinski definition) is 1. The molecule has 1 unspecified atom stereocenters. The number of thiophene rings is 1. The fourth-order valence-electron chi connectivity index (χ4n) is 3.06. The van der Waals surface area contributed by atoms with Gasteiger partial charge in [-0.3, -0.25) is 10.1 Å². The number of rotatable bonds is 6. The van der Waals surface area contributed by atoms with Crippen LogP contribution in [0.5, 0.6) is 0 Å². The van der Waals surface area contributed by atoms with Crippen LogP contribution in [-0.2, 0) is 9.53 Å². The van der Waals surface area contributed by atoms with E-state index in [1.165, 1.54) is 37.7 Å². The van der Waals surface area contributed by atoms with Gasteiger partial charge in [-0.05, 0) is 36.1 Å². The number of carbonyl (C=O) groups excluding carboxylic acids is 1. The summed E-state index contributed by atoms with van der Waals surface area (Å²) in [7, 11) is 1.47. The molecule has 1 aromatic heterocycles. The first-order valence-corrected chi connectivity index (χ1v) is 8.38. The highest BCUT2D eigenvalue weighted by Gasteiger charge is 2.32. The average molecular weight is 295 g/mol. The summed E-state index contributed by atoms with van der Waals surface area (Å²) in [5.74, 6) is 0.713. The standard InChI is InChI=1S/C16H25NO2S/c1-11(2)14(16(18)19-3)17-15(12-7-4-5-8-12)13-9-6-10-20-13/h6,9-12,14-15,17H,4-5,7-8H2,1-3H3/t14-,15?/m0/s1. The van der Waals surface area contributed by atoms with Crippen molar-refractivity contribution in [2.24, 2.45) is 11.8 Å². The maximum absolute atomic E-state index is 12.0. The average Bonchev–Trinajstić information content (AvgIpc) is 3.11. The zero-order valence-electron chi connectivity index (χ0n) is 12.6. The SMILES string of the molecule is COC(=O)[C@@H](NC(c1cccs1)C1CCCC1)C(C)C. The van der Waals surface area contributed by atoms with Gasteiger partial charge < -0.3 is 4.74 Å². The topological polar surface area (TPSA) is 38.3 Å². The van der Waals surface area contributed by atoms with Gasteiger partial charge in [-0.1, -0.05) is 32.8 Å². The molecule has 0 spiro atoms. The summed E-state index contributed by atoms with van der Waals surface area (Å²) in [5.41, 5.74) is 0.